The number of hydrogen-bond donors (Lipinski definition) is 1. The first-order valence-electron chi connectivity index (χ1n) is 12.8. The Kier molecular flexibility index (Phi) is 9.37. The van der Waals surface area contributed by atoms with Crippen LogP contribution in [0.15, 0.2) is 36.4 Å². The summed E-state index contributed by atoms with van der Waals surface area (Å²) in [5.41, 5.74) is 8.83. The van der Waals surface area contributed by atoms with Crippen molar-refractivity contribution in [3.63, 3.8) is 0 Å². The van der Waals surface area contributed by atoms with Crippen molar-refractivity contribution in [2.24, 2.45) is 5.92 Å². The standard InChI is InChI=1S/C29H42N2O2/c1-6-12-27(24-13-9-8-10-14-24)31(20-23-18-21(3)17-22(4)19-23)30-29(32)26-15-11-16-28(33-5)25(26)7-2/h11,15-19,24,27H,6-10,12-14,20H2,1-5H3,(H,30,32)/t27-/m1/s1. The lowest BCUT2D eigenvalue weighted by Crippen LogP contribution is -2.51. The van der Waals surface area contributed by atoms with Crippen molar-refractivity contribution in [1.82, 2.24) is 10.4 Å². The molecule has 0 radical (unpaired) electrons. The van der Waals surface area contributed by atoms with Gasteiger partial charge in [-0.1, -0.05) is 74.9 Å². The highest BCUT2D eigenvalue weighted by molar-refractivity contribution is 5.96. The van der Waals surface area contributed by atoms with E-state index in [0.29, 0.717) is 17.5 Å². The number of amides is 1. The SMILES string of the molecule is CCC[C@H](C1CCCCC1)N(Cc1cc(C)cc(C)c1)NC(=O)c1cccc(OC)c1CC. The van der Waals surface area contributed by atoms with Gasteiger partial charge in [0.1, 0.15) is 5.75 Å². The molecule has 1 atom stereocenters. The summed E-state index contributed by atoms with van der Waals surface area (Å²) in [5.74, 6) is 1.37. The smallest absolute Gasteiger partial charge is 0.266 e. The van der Waals surface area contributed by atoms with E-state index >= 15 is 0 Å². The van der Waals surface area contributed by atoms with Crippen LogP contribution in [0.25, 0.3) is 0 Å². The molecule has 0 heterocycles. The monoisotopic (exact) mass is 450 g/mol. The van der Waals surface area contributed by atoms with Gasteiger partial charge in [0.05, 0.1) is 7.11 Å². The van der Waals surface area contributed by atoms with E-state index in [2.05, 4.69) is 56.3 Å². The highest BCUT2D eigenvalue weighted by atomic mass is 16.5. The molecule has 2 aromatic carbocycles. The number of carbonyl (C=O) groups excluding carboxylic acids is 1. The largest absolute Gasteiger partial charge is 0.496 e. The van der Waals surface area contributed by atoms with Gasteiger partial charge in [0.2, 0.25) is 0 Å². The van der Waals surface area contributed by atoms with Crippen molar-refractivity contribution < 1.29 is 9.53 Å². The molecule has 3 rings (SSSR count). The van der Waals surface area contributed by atoms with Crippen molar-refractivity contribution >= 4 is 5.91 Å². The van der Waals surface area contributed by atoms with E-state index in [1.807, 2.05) is 18.2 Å². The van der Waals surface area contributed by atoms with E-state index in [1.165, 1.54) is 48.8 Å². The summed E-state index contributed by atoms with van der Waals surface area (Å²) in [4.78, 5) is 13.6. The lowest BCUT2D eigenvalue weighted by molar-refractivity contribution is 0.0411. The van der Waals surface area contributed by atoms with Crippen molar-refractivity contribution in [3.8, 4) is 5.75 Å². The fourth-order valence-electron chi connectivity index (χ4n) is 5.58. The van der Waals surface area contributed by atoms with Gasteiger partial charge >= 0.3 is 0 Å². The van der Waals surface area contributed by atoms with Crippen LogP contribution in [0.2, 0.25) is 0 Å². The third-order valence-electron chi connectivity index (χ3n) is 7.01. The fourth-order valence-corrected chi connectivity index (χ4v) is 5.58. The predicted molar refractivity (Wildman–Crippen MR) is 137 cm³/mol. The molecular formula is C29H42N2O2. The molecule has 4 heteroatoms. The lowest BCUT2D eigenvalue weighted by Gasteiger charge is -2.39. The van der Waals surface area contributed by atoms with Crippen LogP contribution >= 0.6 is 0 Å². The summed E-state index contributed by atoms with van der Waals surface area (Å²) in [6.07, 6.45) is 9.40. The predicted octanol–water partition coefficient (Wildman–Crippen LogP) is 6.77. The molecule has 1 saturated carbocycles. The van der Waals surface area contributed by atoms with Gasteiger partial charge in [0.25, 0.3) is 5.91 Å². The number of ether oxygens (including phenoxy) is 1. The second-order valence-electron chi connectivity index (χ2n) is 9.66. The van der Waals surface area contributed by atoms with Crippen molar-refractivity contribution in [1.29, 1.82) is 0 Å². The van der Waals surface area contributed by atoms with E-state index in [-0.39, 0.29) is 5.91 Å². The van der Waals surface area contributed by atoms with Crippen LogP contribution in [0, 0.1) is 19.8 Å². The Morgan fingerprint density at radius 1 is 1.09 bits per heavy atom. The molecule has 180 valence electrons. The quantitative estimate of drug-likeness (QED) is 0.406. The van der Waals surface area contributed by atoms with Gasteiger partial charge in [0.15, 0.2) is 0 Å². The Bertz CT molecular complexity index is 898. The van der Waals surface area contributed by atoms with Gasteiger partial charge < -0.3 is 4.74 Å². The van der Waals surface area contributed by atoms with Crippen LogP contribution < -0.4 is 10.2 Å². The zero-order valence-electron chi connectivity index (χ0n) is 21.2. The van der Waals surface area contributed by atoms with E-state index in [4.69, 9.17) is 4.74 Å². The highest BCUT2D eigenvalue weighted by Gasteiger charge is 2.30. The number of benzene rings is 2. The molecule has 4 nitrogen and oxygen atoms in total. The Balaban J connectivity index is 1.94. The number of nitrogens with zero attached hydrogens (tertiary/aromatic N) is 1. The van der Waals surface area contributed by atoms with Crippen LogP contribution in [0.5, 0.6) is 5.75 Å². The minimum Gasteiger partial charge on any atom is -0.496 e. The lowest BCUT2D eigenvalue weighted by atomic mass is 9.82. The fraction of sp³-hybridized carbons (Fsp3) is 0.552. The van der Waals surface area contributed by atoms with Crippen LogP contribution in [0.1, 0.15) is 91.4 Å². The molecule has 1 fully saturated rings. The summed E-state index contributed by atoms with van der Waals surface area (Å²) in [5, 5.41) is 2.26. The van der Waals surface area contributed by atoms with Crippen molar-refractivity contribution in [2.45, 2.75) is 91.6 Å². The van der Waals surface area contributed by atoms with Crippen LogP contribution in [0.4, 0.5) is 0 Å². The van der Waals surface area contributed by atoms with E-state index in [9.17, 15) is 4.79 Å². The molecule has 0 spiro atoms. The van der Waals surface area contributed by atoms with Gasteiger partial charge in [-0.25, -0.2) is 5.01 Å². The molecule has 1 aliphatic rings. The Morgan fingerprint density at radius 3 is 2.39 bits per heavy atom. The number of hydrogen-bond acceptors (Lipinski definition) is 3. The van der Waals surface area contributed by atoms with Gasteiger partial charge in [-0.3, -0.25) is 10.2 Å². The summed E-state index contributed by atoms with van der Waals surface area (Å²) in [6, 6.07) is 12.8. The topological polar surface area (TPSA) is 41.6 Å². The molecule has 2 aromatic rings. The Labute approximate surface area is 200 Å². The Morgan fingerprint density at radius 2 is 1.79 bits per heavy atom. The normalized spacial score (nSPS) is 15.5. The van der Waals surface area contributed by atoms with E-state index in [0.717, 1.165) is 37.1 Å². The summed E-state index contributed by atoms with van der Waals surface area (Å²) < 4.78 is 5.54. The van der Waals surface area contributed by atoms with E-state index in [1.54, 1.807) is 7.11 Å². The first kappa shape index (κ1) is 25.3. The second kappa shape index (κ2) is 12.2. The maximum absolute atomic E-state index is 13.6. The maximum atomic E-state index is 13.6. The molecule has 1 aliphatic carbocycles. The maximum Gasteiger partial charge on any atom is 0.266 e. The van der Waals surface area contributed by atoms with Crippen LogP contribution in [-0.4, -0.2) is 24.1 Å². The molecule has 0 saturated heterocycles. The number of carbonyl (C=O) groups is 1. The highest BCUT2D eigenvalue weighted by Crippen LogP contribution is 2.32. The summed E-state index contributed by atoms with van der Waals surface area (Å²) in [7, 11) is 1.67. The first-order valence-corrected chi connectivity index (χ1v) is 12.8. The molecule has 0 aliphatic heterocycles. The molecule has 1 N–H and O–H groups in total. The Hall–Kier alpha value is -2.33. The van der Waals surface area contributed by atoms with E-state index < -0.39 is 0 Å². The van der Waals surface area contributed by atoms with Gasteiger partial charge in [0, 0.05) is 23.7 Å². The van der Waals surface area contributed by atoms with Crippen molar-refractivity contribution in [2.75, 3.05) is 7.11 Å². The molecule has 33 heavy (non-hydrogen) atoms. The number of methoxy groups -OCH3 is 1. The van der Waals surface area contributed by atoms with Crippen molar-refractivity contribution in [3.05, 3.63) is 64.2 Å². The van der Waals surface area contributed by atoms with Gasteiger partial charge in [-0.15, -0.1) is 0 Å². The molecular weight excluding hydrogens is 408 g/mol. The van der Waals surface area contributed by atoms with Gasteiger partial charge in [-0.2, -0.15) is 0 Å². The molecule has 0 aromatic heterocycles. The van der Waals surface area contributed by atoms with Gasteiger partial charge in [-0.05, 0) is 63.1 Å². The minimum atomic E-state index is -0.0352. The number of aryl methyl sites for hydroxylation is 2. The first-order chi connectivity index (χ1) is 16.0. The van der Waals surface area contributed by atoms with Crippen LogP contribution in [0.3, 0.4) is 0 Å². The average molecular weight is 451 g/mol. The molecule has 0 unspecified atom stereocenters. The minimum absolute atomic E-state index is 0.0352. The second-order valence-corrected chi connectivity index (χ2v) is 9.66. The summed E-state index contributed by atoms with van der Waals surface area (Å²) in [6.45, 7) is 9.34. The zero-order valence-corrected chi connectivity index (χ0v) is 21.2. The molecule has 0 bridgehead atoms. The molecule has 1 amide bonds. The number of nitrogens with one attached hydrogen (secondary N) is 1. The average Bonchev–Trinajstić information content (AvgIpc) is 2.81. The van der Waals surface area contributed by atoms with Crippen LogP contribution in [-0.2, 0) is 13.0 Å². The zero-order chi connectivity index (χ0) is 23.8. The third-order valence-corrected chi connectivity index (χ3v) is 7.01. The third kappa shape index (κ3) is 6.60. The number of rotatable bonds is 10. The number of hydrazine groups is 1. The summed E-state index contributed by atoms with van der Waals surface area (Å²) >= 11 is 0.